The second kappa shape index (κ2) is 6.13. The number of nitrogens with one attached hydrogen (secondary N) is 2. The van der Waals surface area contributed by atoms with Gasteiger partial charge >= 0.3 is 0 Å². The van der Waals surface area contributed by atoms with E-state index in [1.54, 1.807) is 6.07 Å². The van der Waals surface area contributed by atoms with Gasteiger partial charge in [0.1, 0.15) is 0 Å². The lowest BCUT2D eigenvalue weighted by Crippen LogP contribution is -2.48. The number of carbonyl (C=O) groups is 1. The standard InChI is InChI=1S/C15H19IN2O2/c1-3-6-15(2,9-19)18-14(20)10-4-5-13-11(7-10)12(16)8-17-13/h4-5,7-8,17,19H,3,6,9H2,1-2H3,(H,18,20). The molecule has 1 amide bonds. The zero-order chi connectivity index (χ0) is 14.8. The number of rotatable bonds is 5. The Labute approximate surface area is 132 Å². The van der Waals surface area contributed by atoms with Gasteiger partial charge in [-0.15, -0.1) is 0 Å². The van der Waals surface area contributed by atoms with E-state index in [9.17, 15) is 9.90 Å². The van der Waals surface area contributed by atoms with E-state index < -0.39 is 5.54 Å². The number of aromatic nitrogens is 1. The molecule has 0 aliphatic rings. The first-order chi connectivity index (χ1) is 9.49. The molecule has 1 aromatic heterocycles. The summed E-state index contributed by atoms with van der Waals surface area (Å²) in [6.07, 6.45) is 3.58. The Morgan fingerprint density at radius 1 is 1.50 bits per heavy atom. The van der Waals surface area contributed by atoms with Crippen LogP contribution in [0.15, 0.2) is 24.4 Å². The van der Waals surface area contributed by atoms with Crippen molar-refractivity contribution in [1.82, 2.24) is 10.3 Å². The molecule has 3 N–H and O–H groups in total. The van der Waals surface area contributed by atoms with E-state index in [-0.39, 0.29) is 12.5 Å². The predicted molar refractivity (Wildman–Crippen MR) is 88.9 cm³/mol. The number of aliphatic hydroxyl groups excluding tert-OH is 1. The van der Waals surface area contributed by atoms with Crippen molar-refractivity contribution in [3.63, 3.8) is 0 Å². The van der Waals surface area contributed by atoms with Crippen molar-refractivity contribution in [2.75, 3.05) is 6.61 Å². The van der Waals surface area contributed by atoms with Gasteiger partial charge in [0.15, 0.2) is 0 Å². The van der Waals surface area contributed by atoms with E-state index in [4.69, 9.17) is 0 Å². The minimum absolute atomic E-state index is 0.0590. The average molecular weight is 386 g/mol. The molecular weight excluding hydrogens is 367 g/mol. The van der Waals surface area contributed by atoms with Gasteiger partial charge in [-0.1, -0.05) is 13.3 Å². The molecule has 1 aromatic carbocycles. The maximum atomic E-state index is 12.3. The van der Waals surface area contributed by atoms with Gasteiger partial charge < -0.3 is 15.4 Å². The minimum Gasteiger partial charge on any atom is -0.394 e. The van der Waals surface area contributed by atoms with E-state index >= 15 is 0 Å². The van der Waals surface area contributed by atoms with Crippen LogP contribution in [0.1, 0.15) is 37.0 Å². The van der Waals surface area contributed by atoms with Crippen molar-refractivity contribution < 1.29 is 9.90 Å². The normalized spacial score (nSPS) is 14.2. The number of aliphatic hydroxyl groups is 1. The van der Waals surface area contributed by atoms with Gasteiger partial charge in [-0.3, -0.25) is 4.79 Å². The summed E-state index contributed by atoms with van der Waals surface area (Å²) in [7, 11) is 0. The second-order valence-corrected chi connectivity index (χ2v) is 6.48. The SMILES string of the molecule is CCCC(C)(CO)NC(=O)c1ccc2[nH]cc(I)c2c1. The molecule has 5 heteroatoms. The Bertz CT molecular complexity index is 623. The summed E-state index contributed by atoms with van der Waals surface area (Å²) in [5, 5.41) is 13.5. The van der Waals surface area contributed by atoms with Gasteiger partial charge in [-0.25, -0.2) is 0 Å². The molecule has 1 atom stereocenters. The lowest BCUT2D eigenvalue weighted by Gasteiger charge is -2.28. The summed E-state index contributed by atoms with van der Waals surface area (Å²) in [6.45, 7) is 3.85. The van der Waals surface area contributed by atoms with Crippen molar-refractivity contribution in [2.45, 2.75) is 32.2 Å². The van der Waals surface area contributed by atoms with E-state index in [1.807, 2.05) is 32.2 Å². The smallest absolute Gasteiger partial charge is 0.251 e. The first-order valence-electron chi connectivity index (χ1n) is 6.69. The lowest BCUT2D eigenvalue weighted by atomic mass is 9.96. The number of hydrogen-bond donors (Lipinski definition) is 3. The highest BCUT2D eigenvalue weighted by atomic mass is 127. The fraction of sp³-hybridized carbons (Fsp3) is 0.400. The highest BCUT2D eigenvalue weighted by Crippen LogP contribution is 2.22. The number of benzene rings is 1. The van der Waals surface area contributed by atoms with Crippen LogP contribution in [0.5, 0.6) is 0 Å². The molecule has 20 heavy (non-hydrogen) atoms. The van der Waals surface area contributed by atoms with Gasteiger partial charge in [0, 0.05) is 26.2 Å². The Morgan fingerprint density at radius 2 is 2.25 bits per heavy atom. The van der Waals surface area contributed by atoms with Crippen LogP contribution in [-0.4, -0.2) is 28.1 Å². The molecule has 0 bridgehead atoms. The fourth-order valence-corrected chi connectivity index (χ4v) is 2.91. The van der Waals surface area contributed by atoms with Crippen molar-refractivity contribution in [3.05, 3.63) is 33.5 Å². The highest BCUT2D eigenvalue weighted by molar-refractivity contribution is 14.1. The van der Waals surface area contributed by atoms with Crippen molar-refractivity contribution in [2.24, 2.45) is 0 Å². The lowest BCUT2D eigenvalue weighted by molar-refractivity contribution is 0.0841. The molecule has 4 nitrogen and oxygen atoms in total. The molecule has 2 aromatic rings. The summed E-state index contributed by atoms with van der Waals surface area (Å²) >= 11 is 2.24. The van der Waals surface area contributed by atoms with E-state index in [0.717, 1.165) is 27.3 Å². The third-order valence-electron chi connectivity index (χ3n) is 3.46. The number of carbonyl (C=O) groups excluding carboxylic acids is 1. The van der Waals surface area contributed by atoms with Gasteiger partial charge in [0.25, 0.3) is 5.91 Å². The molecular formula is C15H19IN2O2. The maximum absolute atomic E-state index is 12.3. The topological polar surface area (TPSA) is 65.1 Å². The molecule has 0 radical (unpaired) electrons. The van der Waals surface area contributed by atoms with Crippen molar-refractivity contribution in [1.29, 1.82) is 0 Å². The molecule has 0 aliphatic carbocycles. The predicted octanol–water partition coefficient (Wildman–Crippen LogP) is 3.05. The summed E-state index contributed by atoms with van der Waals surface area (Å²) in [5.74, 6) is -0.145. The monoisotopic (exact) mass is 386 g/mol. The van der Waals surface area contributed by atoms with Crippen molar-refractivity contribution in [3.8, 4) is 0 Å². The quantitative estimate of drug-likeness (QED) is 0.692. The van der Waals surface area contributed by atoms with Crippen LogP contribution in [0, 0.1) is 3.57 Å². The Kier molecular flexibility index (Phi) is 4.70. The van der Waals surface area contributed by atoms with Gasteiger partial charge in [0.05, 0.1) is 12.1 Å². The third-order valence-corrected chi connectivity index (χ3v) is 4.35. The van der Waals surface area contributed by atoms with Crippen LogP contribution >= 0.6 is 22.6 Å². The molecule has 0 saturated carbocycles. The molecule has 1 heterocycles. The number of hydrogen-bond acceptors (Lipinski definition) is 2. The first kappa shape index (κ1) is 15.3. The van der Waals surface area contributed by atoms with E-state index in [0.29, 0.717) is 5.56 Å². The fourth-order valence-electron chi connectivity index (χ4n) is 2.31. The van der Waals surface area contributed by atoms with Gasteiger partial charge in [-0.05, 0) is 54.1 Å². The first-order valence-corrected chi connectivity index (χ1v) is 7.77. The zero-order valence-electron chi connectivity index (χ0n) is 11.7. The van der Waals surface area contributed by atoms with Gasteiger partial charge in [0.2, 0.25) is 0 Å². The zero-order valence-corrected chi connectivity index (χ0v) is 13.8. The van der Waals surface area contributed by atoms with Gasteiger partial charge in [-0.2, -0.15) is 0 Å². The Balaban J connectivity index is 2.24. The summed E-state index contributed by atoms with van der Waals surface area (Å²) < 4.78 is 1.09. The third kappa shape index (κ3) is 3.15. The molecule has 0 aliphatic heterocycles. The Hall–Kier alpha value is -1.08. The maximum Gasteiger partial charge on any atom is 0.251 e. The number of amides is 1. The van der Waals surface area contributed by atoms with E-state index in [2.05, 4.69) is 32.9 Å². The van der Waals surface area contributed by atoms with Crippen LogP contribution < -0.4 is 5.32 Å². The van der Waals surface area contributed by atoms with Crippen LogP contribution in [0.2, 0.25) is 0 Å². The molecule has 0 saturated heterocycles. The number of aromatic amines is 1. The molecule has 0 fully saturated rings. The average Bonchev–Trinajstić information content (AvgIpc) is 2.80. The number of halogens is 1. The van der Waals surface area contributed by atoms with Crippen LogP contribution in [0.25, 0.3) is 10.9 Å². The Morgan fingerprint density at radius 3 is 2.90 bits per heavy atom. The molecule has 2 rings (SSSR count). The van der Waals surface area contributed by atoms with Crippen LogP contribution in [0.3, 0.4) is 0 Å². The summed E-state index contributed by atoms with van der Waals surface area (Å²) in [5.41, 5.74) is 1.07. The molecule has 108 valence electrons. The highest BCUT2D eigenvalue weighted by Gasteiger charge is 2.25. The van der Waals surface area contributed by atoms with E-state index in [1.165, 1.54) is 0 Å². The van der Waals surface area contributed by atoms with Crippen LogP contribution in [0.4, 0.5) is 0 Å². The summed E-state index contributed by atoms with van der Waals surface area (Å²) in [4.78, 5) is 15.5. The number of H-pyrrole nitrogens is 1. The molecule has 0 spiro atoms. The second-order valence-electron chi connectivity index (χ2n) is 5.32. The van der Waals surface area contributed by atoms with Crippen LogP contribution in [-0.2, 0) is 0 Å². The largest absolute Gasteiger partial charge is 0.394 e. The minimum atomic E-state index is -0.563. The summed E-state index contributed by atoms with van der Waals surface area (Å²) in [6, 6.07) is 5.59. The van der Waals surface area contributed by atoms with Crippen molar-refractivity contribution >= 4 is 39.4 Å². The molecule has 1 unspecified atom stereocenters. The number of fused-ring (bicyclic) bond motifs is 1.